The molecule has 0 spiro atoms. The Balaban J connectivity index is 2.17. The fraction of sp³-hybridized carbons (Fsp3) is 0.333. The summed E-state index contributed by atoms with van der Waals surface area (Å²) in [6.07, 6.45) is -0.779. The van der Waals surface area contributed by atoms with Crippen molar-refractivity contribution in [2.24, 2.45) is 0 Å². The number of rotatable bonds is 7. The quantitative estimate of drug-likeness (QED) is 0.801. The van der Waals surface area contributed by atoms with Crippen molar-refractivity contribution < 1.29 is 14.7 Å². The smallest absolute Gasteiger partial charge is 0.126 e. The van der Waals surface area contributed by atoms with Gasteiger partial charge in [-0.3, -0.25) is 0 Å². The Morgan fingerprint density at radius 2 is 1.35 bits per heavy atom. The van der Waals surface area contributed by atoms with Crippen molar-refractivity contribution in [3.63, 3.8) is 0 Å². The number of quaternary nitrogens is 1. The van der Waals surface area contributed by atoms with Crippen molar-refractivity contribution in [1.29, 1.82) is 0 Å². The average Bonchev–Trinajstić information content (AvgIpc) is 2.50. The molecule has 0 aromatic heterocycles. The van der Waals surface area contributed by atoms with E-state index in [1.165, 1.54) is 4.90 Å². The van der Waals surface area contributed by atoms with E-state index in [1.807, 2.05) is 62.6 Å². The van der Waals surface area contributed by atoms with E-state index in [1.54, 1.807) is 0 Å². The molecule has 2 rings (SSSR count). The van der Waals surface area contributed by atoms with E-state index in [0.717, 1.165) is 11.1 Å². The van der Waals surface area contributed by atoms with E-state index in [4.69, 9.17) is 27.9 Å². The Morgan fingerprint density at radius 1 is 0.913 bits per heavy atom. The molecule has 0 saturated carbocycles. The maximum absolute atomic E-state index is 10.1. The van der Waals surface area contributed by atoms with Gasteiger partial charge in [0.25, 0.3) is 0 Å². The first-order valence-corrected chi connectivity index (χ1v) is 8.31. The van der Waals surface area contributed by atoms with E-state index < -0.39 is 6.10 Å². The van der Waals surface area contributed by atoms with Crippen LogP contribution in [0.25, 0.3) is 0 Å². The topological polar surface area (TPSA) is 33.9 Å². The Kier molecular flexibility index (Phi) is 6.88. The van der Waals surface area contributed by atoms with Crippen LogP contribution in [0.4, 0.5) is 0 Å². The molecule has 0 saturated heterocycles. The maximum Gasteiger partial charge on any atom is 0.126 e. The third kappa shape index (κ3) is 5.79. The molecule has 0 amide bonds. The lowest BCUT2D eigenvalue weighted by molar-refractivity contribution is -0.861. The summed E-state index contributed by atoms with van der Waals surface area (Å²) in [5.74, 6) is 0. The zero-order valence-electron chi connectivity index (χ0n) is 13.3. The van der Waals surface area contributed by atoms with Crippen LogP contribution in [0.3, 0.4) is 0 Å². The molecule has 0 heterocycles. The highest BCUT2D eigenvalue weighted by molar-refractivity contribution is 6.30. The summed E-state index contributed by atoms with van der Waals surface area (Å²) in [6, 6.07) is 15.1. The Morgan fingerprint density at radius 3 is 1.74 bits per heavy atom. The highest BCUT2D eigenvalue weighted by Crippen LogP contribution is 2.28. The lowest BCUT2D eigenvalue weighted by atomic mass is 10.0. The first kappa shape index (κ1) is 18.2. The molecule has 1 atom stereocenters. The van der Waals surface area contributed by atoms with Gasteiger partial charge in [-0.2, -0.15) is 0 Å². The van der Waals surface area contributed by atoms with Gasteiger partial charge >= 0.3 is 0 Å². The summed E-state index contributed by atoms with van der Waals surface area (Å²) in [7, 11) is 4.00. The van der Waals surface area contributed by atoms with Gasteiger partial charge in [-0.15, -0.1) is 0 Å². The average molecular weight is 355 g/mol. The zero-order valence-corrected chi connectivity index (χ0v) is 14.8. The van der Waals surface area contributed by atoms with Crippen LogP contribution in [0.1, 0.15) is 17.2 Å². The number of hydrogen-bond acceptors (Lipinski definition) is 2. The van der Waals surface area contributed by atoms with Gasteiger partial charge in [0.1, 0.15) is 18.8 Å². The van der Waals surface area contributed by atoms with Crippen molar-refractivity contribution in [3.05, 3.63) is 69.7 Å². The van der Waals surface area contributed by atoms with Crippen LogP contribution in [-0.2, 0) is 4.74 Å². The van der Waals surface area contributed by atoms with Crippen molar-refractivity contribution >= 4 is 23.2 Å². The van der Waals surface area contributed by atoms with Gasteiger partial charge in [0, 0.05) is 10.0 Å². The summed E-state index contributed by atoms with van der Waals surface area (Å²) in [5.41, 5.74) is 1.97. The second kappa shape index (κ2) is 8.67. The lowest BCUT2D eigenvalue weighted by Gasteiger charge is -2.21. The van der Waals surface area contributed by atoms with Crippen LogP contribution in [-0.4, -0.2) is 38.5 Å². The fourth-order valence-corrected chi connectivity index (χ4v) is 2.65. The molecule has 0 fully saturated rings. The maximum atomic E-state index is 10.1. The van der Waals surface area contributed by atoms with Crippen LogP contribution in [0, 0.1) is 0 Å². The highest BCUT2D eigenvalue weighted by Gasteiger charge is 2.18. The van der Waals surface area contributed by atoms with Gasteiger partial charge in [0.2, 0.25) is 0 Å². The van der Waals surface area contributed by atoms with Crippen LogP contribution in [0.2, 0.25) is 10.0 Å². The van der Waals surface area contributed by atoms with Gasteiger partial charge in [-0.25, -0.2) is 0 Å². The minimum Gasteiger partial charge on any atom is -0.385 e. The van der Waals surface area contributed by atoms with Crippen molar-refractivity contribution in [3.8, 4) is 0 Å². The minimum absolute atomic E-state index is 0.265. The van der Waals surface area contributed by atoms with Crippen molar-refractivity contribution in [1.82, 2.24) is 0 Å². The Labute approximate surface area is 147 Å². The molecule has 23 heavy (non-hydrogen) atoms. The van der Waals surface area contributed by atoms with Crippen LogP contribution in [0.15, 0.2) is 48.5 Å². The van der Waals surface area contributed by atoms with E-state index in [2.05, 4.69) is 0 Å². The third-order valence-corrected chi connectivity index (χ3v) is 3.95. The predicted molar refractivity (Wildman–Crippen MR) is 94.4 cm³/mol. The number of benzene rings is 2. The van der Waals surface area contributed by atoms with Gasteiger partial charge in [0.15, 0.2) is 0 Å². The molecular weight excluding hydrogens is 333 g/mol. The van der Waals surface area contributed by atoms with Gasteiger partial charge in [-0.1, -0.05) is 47.5 Å². The molecule has 0 aliphatic heterocycles. The molecular formula is C18H22Cl2NO2+. The second-order valence-electron chi connectivity index (χ2n) is 5.88. The predicted octanol–water partition coefficient (Wildman–Crippen LogP) is 2.60. The SMILES string of the molecule is C[NH+](C)C[C@@H](O)COC(c1ccc(Cl)cc1)c1ccc(Cl)cc1. The number of aliphatic hydroxyl groups excluding tert-OH is 1. The zero-order chi connectivity index (χ0) is 16.8. The summed E-state index contributed by atoms with van der Waals surface area (Å²) < 4.78 is 6.01. The van der Waals surface area contributed by atoms with E-state index >= 15 is 0 Å². The first-order chi connectivity index (χ1) is 11.0. The highest BCUT2D eigenvalue weighted by atomic mass is 35.5. The molecule has 124 valence electrons. The summed E-state index contributed by atoms with van der Waals surface area (Å²) >= 11 is 11.9. The summed E-state index contributed by atoms with van der Waals surface area (Å²) in [6.45, 7) is 0.898. The number of likely N-dealkylation sites (N-methyl/N-ethyl adjacent to an activating group) is 1. The van der Waals surface area contributed by atoms with Gasteiger partial charge in [-0.05, 0) is 35.4 Å². The normalized spacial score (nSPS) is 12.8. The summed E-state index contributed by atoms with van der Waals surface area (Å²) in [4.78, 5) is 1.18. The molecule has 0 aliphatic carbocycles. The first-order valence-electron chi connectivity index (χ1n) is 7.55. The molecule has 0 aliphatic rings. The van der Waals surface area contributed by atoms with E-state index in [-0.39, 0.29) is 12.7 Å². The third-order valence-electron chi connectivity index (χ3n) is 3.44. The molecule has 0 radical (unpaired) electrons. The molecule has 2 N–H and O–H groups in total. The molecule has 5 heteroatoms. The monoisotopic (exact) mass is 354 g/mol. The molecule has 0 bridgehead atoms. The summed E-state index contributed by atoms with van der Waals surface area (Å²) in [5, 5.41) is 11.4. The number of aliphatic hydroxyl groups is 1. The fourth-order valence-electron chi connectivity index (χ4n) is 2.40. The minimum atomic E-state index is -0.512. The van der Waals surface area contributed by atoms with E-state index in [9.17, 15) is 5.11 Å². The van der Waals surface area contributed by atoms with Crippen LogP contribution in [0.5, 0.6) is 0 Å². The number of halogens is 2. The molecule has 2 aromatic rings. The number of hydrogen-bond donors (Lipinski definition) is 2. The van der Waals surface area contributed by atoms with Crippen molar-refractivity contribution in [2.45, 2.75) is 12.2 Å². The van der Waals surface area contributed by atoms with Crippen LogP contribution < -0.4 is 4.90 Å². The second-order valence-corrected chi connectivity index (χ2v) is 6.75. The standard InChI is InChI=1S/C18H21Cl2NO2/c1-21(2)11-17(22)12-23-18(13-3-7-15(19)8-4-13)14-5-9-16(20)10-6-14/h3-10,17-18,22H,11-12H2,1-2H3/p+1/t17-/m1/s1. The molecule has 0 unspecified atom stereocenters. The van der Waals surface area contributed by atoms with Crippen LogP contribution >= 0.6 is 23.2 Å². The Hall–Kier alpha value is -1.10. The molecule has 2 aromatic carbocycles. The molecule has 3 nitrogen and oxygen atoms in total. The Bertz CT molecular complexity index is 554. The van der Waals surface area contributed by atoms with E-state index in [0.29, 0.717) is 16.6 Å². The number of ether oxygens (including phenoxy) is 1. The van der Waals surface area contributed by atoms with Crippen molar-refractivity contribution in [2.75, 3.05) is 27.2 Å². The van der Waals surface area contributed by atoms with Gasteiger partial charge < -0.3 is 14.7 Å². The lowest BCUT2D eigenvalue weighted by Crippen LogP contribution is -3.07. The largest absolute Gasteiger partial charge is 0.385 e. The van der Waals surface area contributed by atoms with Gasteiger partial charge in [0.05, 0.1) is 20.7 Å². The number of nitrogens with one attached hydrogen (secondary N) is 1.